The number of benzene rings is 1. The lowest BCUT2D eigenvalue weighted by Crippen LogP contribution is -1.89. The summed E-state index contributed by atoms with van der Waals surface area (Å²) < 4.78 is 2.66. The number of aryl methyl sites for hydroxylation is 1. The first-order chi connectivity index (χ1) is 6.59. The highest BCUT2D eigenvalue weighted by atomic mass is 79.9. The summed E-state index contributed by atoms with van der Waals surface area (Å²) in [6.07, 6.45) is 1.72. The van der Waals surface area contributed by atoms with Crippen LogP contribution in [0.4, 0.5) is 0 Å². The molecule has 0 radical (unpaired) electrons. The number of nitrogens with zero attached hydrogens (tertiary/aromatic N) is 2. The van der Waals surface area contributed by atoms with Gasteiger partial charge in [0.25, 0.3) is 0 Å². The molecule has 0 atom stereocenters. The van der Waals surface area contributed by atoms with Crippen molar-refractivity contribution in [1.82, 2.24) is 9.78 Å². The van der Waals surface area contributed by atoms with Gasteiger partial charge in [0, 0.05) is 22.5 Å². The molecule has 0 fully saturated rings. The summed E-state index contributed by atoms with van der Waals surface area (Å²) in [4.78, 5) is 0. The van der Waals surface area contributed by atoms with Gasteiger partial charge in [-0.2, -0.15) is 5.10 Å². The van der Waals surface area contributed by atoms with E-state index in [4.69, 9.17) is 0 Å². The maximum atomic E-state index is 9.40. The van der Waals surface area contributed by atoms with Crippen LogP contribution in [0.25, 0.3) is 16.7 Å². The van der Waals surface area contributed by atoms with E-state index in [1.807, 2.05) is 19.2 Å². The van der Waals surface area contributed by atoms with Crippen LogP contribution in [0.1, 0.15) is 5.56 Å². The number of halogens is 1. The van der Waals surface area contributed by atoms with E-state index < -0.39 is 0 Å². The lowest BCUT2D eigenvalue weighted by Gasteiger charge is -2.02. The second-order valence-electron chi connectivity index (χ2n) is 3.10. The van der Waals surface area contributed by atoms with Crippen LogP contribution in [-0.4, -0.2) is 14.9 Å². The Morgan fingerprint density at radius 3 is 2.93 bits per heavy atom. The molecule has 0 aliphatic heterocycles. The number of hydrogen-bond acceptors (Lipinski definition) is 2. The summed E-state index contributed by atoms with van der Waals surface area (Å²) in [7, 11) is 1.86. The van der Waals surface area contributed by atoms with Crippen LogP contribution < -0.4 is 0 Å². The molecule has 2 aromatic rings. The Morgan fingerprint density at radius 2 is 2.29 bits per heavy atom. The van der Waals surface area contributed by atoms with E-state index in [2.05, 4.69) is 27.6 Å². The summed E-state index contributed by atoms with van der Waals surface area (Å²) in [5.74, 6) is 0.0595. The number of fused-ring (bicyclic) bond motifs is 1. The lowest BCUT2D eigenvalue weighted by atomic mass is 10.1. The van der Waals surface area contributed by atoms with Gasteiger partial charge < -0.3 is 5.11 Å². The zero-order valence-electron chi connectivity index (χ0n) is 7.66. The first kappa shape index (κ1) is 9.27. The quantitative estimate of drug-likeness (QED) is 0.793. The summed E-state index contributed by atoms with van der Waals surface area (Å²) in [6.45, 7) is 3.52. The van der Waals surface area contributed by atoms with Crippen LogP contribution in [0, 0.1) is 0 Å². The van der Waals surface area contributed by atoms with Gasteiger partial charge in [0.1, 0.15) is 5.76 Å². The molecule has 72 valence electrons. The maximum absolute atomic E-state index is 9.40. The number of rotatable bonds is 1. The number of aliphatic hydroxyl groups excluding tert-OH is 1. The molecule has 2 rings (SSSR count). The van der Waals surface area contributed by atoms with Crippen molar-refractivity contribution in [2.45, 2.75) is 0 Å². The normalized spacial score (nSPS) is 10.7. The predicted molar refractivity (Wildman–Crippen MR) is 60.1 cm³/mol. The number of hydrogen-bond donors (Lipinski definition) is 1. The van der Waals surface area contributed by atoms with Gasteiger partial charge in [-0.05, 0) is 12.1 Å². The molecule has 0 aliphatic rings. The Morgan fingerprint density at radius 1 is 1.57 bits per heavy atom. The molecule has 1 heterocycles. The van der Waals surface area contributed by atoms with Crippen LogP contribution in [0.5, 0.6) is 0 Å². The molecule has 14 heavy (non-hydrogen) atoms. The van der Waals surface area contributed by atoms with Gasteiger partial charge in [0.2, 0.25) is 0 Å². The summed E-state index contributed by atoms with van der Waals surface area (Å²) in [5, 5.41) is 14.4. The van der Waals surface area contributed by atoms with Crippen molar-refractivity contribution in [1.29, 1.82) is 0 Å². The Balaban J connectivity index is 2.88. The maximum Gasteiger partial charge on any atom is 0.116 e. The van der Waals surface area contributed by atoms with Gasteiger partial charge >= 0.3 is 0 Å². The minimum atomic E-state index is 0.0595. The van der Waals surface area contributed by atoms with Gasteiger partial charge in [-0.15, -0.1) is 0 Å². The Hall–Kier alpha value is -1.29. The Kier molecular flexibility index (Phi) is 2.07. The molecule has 0 bridgehead atoms. The van der Waals surface area contributed by atoms with Crippen molar-refractivity contribution in [2.75, 3.05) is 0 Å². The average Bonchev–Trinajstić information content (AvgIpc) is 2.47. The molecule has 0 spiro atoms. The van der Waals surface area contributed by atoms with E-state index in [-0.39, 0.29) is 5.76 Å². The first-order valence-electron chi connectivity index (χ1n) is 4.09. The molecule has 1 aromatic carbocycles. The standard InChI is InChI=1S/C10H9BrN2O/c1-6(14)8-3-7(11)4-10-9(8)5-12-13(10)2/h3-5,14H,1H2,2H3. The van der Waals surface area contributed by atoms with E-state index in [0.717, 1.165) is 15.4 Å². The van der Waals surface area contributed by atoms with Crippen LogP contribution in [0.2, 0.25) is 0 Å². The molecule has 0 amide bonds. The fourth-order valence-electron chi connectivity index (χ4n) is 1.45. The molecule has 3 nitrogen and oxygen atoms in total. The highest BCUT2D eigenvalue weighted by Crippen LogP contribution is 2.27. The third-order valence-corrected chi connectivity index (χ3v) is 2.60. The minimum absolute atomic E-state index is 0.0595. The van der Waals surface area contributed by atoms with Crippen LogP contribution >= 0.6 is 15.9 Å². The van der Waals surface area contributed by atoms with Gasteiger partial charge in [-0.25, -0.2) is 0 Å². The van der Waals surface area contributed by atoms with Crippen LogP contribution in [0.15, 0.2) is 29.4 Å². The highest BCUT2D eigenvalue weighted by Gasteiger charge is 2.08. The van der Waals surface area contributed by atoms with E-state index in [1.54, 1.807) is 10.9 Å². The summed E-state index contributed by atoms with van der Waals surface area (Å²) >= 11 is 3.38. The number of aliphatic hydroxyl groups is 1. The zero-order valence-corrected chi connectivity index (χ0v) is 9.24. The summed E-state index contributed by atoms with van der Waals surface area (Å²) in [5.41, 5.74) is 1.67. The van der Waals surface area contributed by atoms with Crippen molar-refractivity contribution in [2.24, 2.45) is 7.05 Å². The second kappa shape index (κ2) is 3.13. The number of aromatic nitrogens is 2. The topological polar surface area (TPSA) is 38.1 Å². The fraction of sp³-hybridized carbons (Fsp3) is 0.100. The van der Waals surface area contributed by atoms with E-state index in [0.29, 0.717) is 5.56 Å². The smallest absolute Gasteiger partial charge is 0.116 e. The third kappa shape index (κ3) is 1.32. The van der Waals surface area contributed by atoms with Crippen LogP contribution in [0.3, 0.4) is 0 Å². The average molecular weight is 253 g/mol. The monoisotopic (exact) mass is 252 g/mol. The SMILES string of the molecule is C=C(O)c1cc(Br)cc2c1cnn2C. The van der Waals surface area contributed by atoms with Crippen molar-refractivity contribution in [3.8, 4) is 0 Å². The molecule has 0 saturated heterocycles. The predicted octanol–water partition coefficient (Wildman–Crippen LogP) is 2.86. The molecule has 0 unspecified atom stereocenters. The molecule has 0 aliphatic carbocycles. The third-order valence-electron chi connectivity index (χ3n) is 2.14. The van der Waals surface area contributed by atoms with Gasteiger partial charge in [0.15, 0.2) is 0 Å². The lowest BCUT2D eigenvalue weighted by molar-refractivity contribution is 0.514. The largest absolute Gasteiger partial charge is 0.508 e. The van der Waals surface area contributed by atoms with E-state index >= 15 is 0 Å². The van der Waals surface area contributed by atoms with Gasteiger partial charge in [-0.3, -0.25) is 4.68 Å². The first-order valence-corrected chi connectivity index (χ1v) is 4.88. The van der Waals surface area contributed by atoms with E-state index in [9.17, 15) is 5.11 Å². The van der Waals surface area contributed by atoms with Crippen molar-refractivity contribution >= 4 is 32.6 Å². The Bertz CT molecular complexity index is 516. The molecular formula is C10H9BrN2O. The second-order valence-corrected chi connectivity index (χ2v) is 4.02. The Labute approximate surface area is 89.8 Å². The van der Waals surface area contributed by atoms with Crippen molar-refractivity contribution in [3.63, 3.8) is 0 Å². The molecule has 4 heteroatoms. The molecule has 1 N–H and O–H groups in total. The summed E-state index contributed by atoms with van der Waals surface area (Å²) in [6, 6.07) is 3.78. The zero-order chi connectivity index (χ0) is 10.3. The van der Waals surface area contributed by atoms with Gasteiger partial charge in [0.05, 0.1) is 11.7 Å². The van der Waals surface area contributed by atoms with Crippen molar-refractivity contribution in [3.05, 3.63) is 34.9 Å². The molecular weight excluding hydrogens is 244 g/mol. The minimum Gasteiger partial charge on any atom is -0.508 e. The molecule has 1 aromatic heterocycles. The van der Waals surface area contributed by atoms with Crippen LogP contribution in [-0.2, 0) is 7.05 Å². The van der Waals surface area contributed by atoms with Crippen molar-refractivity contribution < 1.29 is 5.11 Å². The van der Waals surface area contributed by atoms with E-state index in [1.165, 1.54) is 0 Å². The van der Waals surface area contributed by atoms with Gasteiger partial charge in [-0.1, -0.05) is 22.5 Å². The fourth-order valence-corrected chi connectivity index (χ4v) is 1.90. The molecule has 0 saturated carbocycles. The highest BCUT2D eigenvalue weighted by molar-refractivity contribution is 9.10.